The third kappa shape index (κ3) is 5.32. The second-order valence-corrected chi connectivity index (χ2v) is 7.53. The summed E-state index contributed by atoms with van der Waals surface area (Å²) < 4.78 is 6.05. The van der Waals surface area contributed by atoms with E-state index in [1.807, 2.05) is 6.07 Å². The number of amides is 1. The molecule has 1 atom stereocenters. The molecule has 150 valence electrons. The second kappa shape index (κ2) is 10.2. The molecule has 5 heteroatoms. The summed E-state index contributed by atoms with van der Waals surface area (Å²) in [7, 11) is 0. The number of carbonyl (C=O) groups is 1. The molecule has 2 aromatic rings. The fourth-order valence-corrected chi connectivity index (χ4v) is 3.87. The number of nitrogens with two attached hydrogens (primary N) is 1. The molecule has 1 aliphatic carbocycles. The van der Waals surface area contributed by atoms with Crippen LogP contribution < -0.4 is 15.8 Å². The lowest BCUT2D eigenvalue weighted by molar-refractivity contribution is 0.1000. The van der Waals surface area contributed by atoms with Crippen molar-refractivity contribution in [3.63, 3.8) is 0 Å². The van der Waals surface area contributed by atoms with Crippen LogP contribution in [0.2, 0.25) is 0 Å². The lowest BCUT2D eigenvalue weighted by Crippen LogP contribution is -2.25. The van der Waals surface area contributed by atoms with Crippen molar-refractivity contribution in [3.8, 4) is 11.6 Å². The molecule has 5 nitrogen and oxygen atoms in total. The number of rotatable bonds is 10. The number of fused-ring (bicyclic) bond motifs is 1. The zero-order valence-corrected chi connectivity index (χ0v) is 16.7. The van der Waals surface area contributed by atoms with Crippen molar-refractivity contribution in [2.45, 2.75) is 57.8 Å². The van der Waals surface area contributed by atoms with Crippen molar-refractivity contribution < 1.29 is 9.53 Å². The summed E-state index contributed by atoms with van der Waals surface area (Å²) in [6, 6.07) is 9.63. The van der Waals surface area contributed by atoms with E-state index in [2.05, 4.69) is 29.4 Å². The Balaban J connectivity index is 1.64. The van der Waals surface area contributed by atoms with Crippen molar-refractivity contribution in [3.05, 3.63) is 53.2 Å². The number of hydrogen-bond acceptors (Lipinski definition) is 4. The van der Waals surface area contributed by atoms with Crippen molar-refractivity contribution in [2.24, 2.45) is 5.73 Å². The maximum Gasteiger partial charge on any atom is 0.250 e. The van der Waals surface area contributed by atoms with Gasteiger partial charge in [-0.2, -0.15) is 0 Å². The van der Waals surface area contributed by atoms with Gasteiger partial charge in [0.15, 0.2) is 0 Å². The lowest BCUT2D eigenvalue weighted by atomic mass is 9.82. The minimum Gasteiger partial charge on any atom is -0.439 e. The fraction of sp³-hybridized carbons (Fsp3) is 0.478. The number of unbranched alkanes of at least 4 members (excludes halogenated alkanes) is 3. The Morgan fingerprint density at radius 1 is 1.25 bits per heavy atom. The largest absolute Gasteiger partial charge is 0.439 e. The van der Waals surface area contributed by atoms with Gasteiger partial charge < -0.3 is 15.8 Å². The average molecular weight is 382 g/mol. The highest BCUT2D eigenvalue weighted by atomic mass is 16.5. The Labute approximate surface area is 167 Å². The molecule has 1 amide bonds. The van der Waals surface area contributed by atoms with Gasteiger partial charge in [-0.25, -0.2) is 4.98 Å². The summed E-state index contributed by atoms with van der Waals surface area (Å²) in [6.07, 6.45) is 10.0. The molecule has 0 bridgehead atoms. The Bertz CT molecular complexity index is 774. The molecule has 1 aliphatic rings. The maximum atomic E-state index is 11.2. The third-order valence-corrected chi connectivity index (χ3v) is 5.42. The smallest absolute Gasteiger partial charge is 0.250 e. The van der Waals surface area contributed by atoms with Crippen LogP contribution in [0.15, 0.2) is 36.5 Å². The molecule has 0 saturated heterocycles. The van der Waals surface area contributed by atoms with E-state index in [-0.39, 0.29) is 0 Å². The first kappa shape index (κ1) is 20.3. The SMILES string of the molecule is CCCCCCNCC1CCCc2c(Oc3ccc(C(N)=O)cn3)cccc21. The van der Waals surface area contributed by atoms with E-state index in [1.54, 1.807) is 12.1 Å². The number of primary amides is 1. The van der Waals surface area contributed by atoms with Crippen molar-refractivity contribution in [1.82, 2.24) is 10.3 Å². The highest BCUT2D eigenvalue weighted by Gasteiger charge is 2.23. The number of hydrogen-bond donors (Lipinski definition) is 2. The highest BCUT2D eigenvalue weighted by Crippen LogP contribution is 2.37. The summed E-state index contributed by atoms with van der Waals surface area (Å²) in [5, 5.41) is 3.64. The van der Waals surface area contributed by atoms with E-state index in [0.717, 1.165) is 25.3 Å². The predicted octanol–water partition coefficient (Wildman–Crippen LogP) is 4.56. The van der Waals surface area contributed by atoms with Gasteiger partial charge in [0.2, 0.25) is 11.8 Å². The fourth-order valence-electron chi connectivity index (χ4n) is 3.87. The quantitative estimate of drug-likeness (QED) is 0.591. The van der Waals surface area contributed by atoms with Crippen LogP contribution in [0.25, 0.3) is 0 Å². The van der Waals surface area contributed by atoms with Gasteiger partial charge in [0.05, 0.1) is 5.56 Å². The molecule has 0 saturated carbocycles. The van der Waals surface area contributed by atoms with Gasteiger partial charge in [0.25, 0.3) is 0 Å². The molecule has 0 radical (unpaired) electrons. The van der Waals surface area contributed by atoms with Gasteiger partial charge >= 0.3 is 0 Å². The number of nitrogens with one attached hydrogen (secondary N) is 1. The van der Waals surface area contributed by atoms with Crippen LogP contribution >= 0.6 is 0 Å². The molecule has 1 heterocycles. The monoisotopic (exact) mass is 381 g/mol. The Morgan fingerprint density at radius 2 is 2.14 bits per heavy atom. The van der Waals surface area contributed by atoms with E-state index >= 15 is 0 Å². The van der Waals surface area contributed by atoms with Gasteiger partial charge in [0, 0.05) is 18.8 Å². The Hall–Kier alpha value is -2.40. The molecule has 0 aliphatic heterocycles. The first-order chi connectivity index (χ1) is 13.7. The molecule has 1 aromatic heterocycles. The molecular formula is C23H31N3O2. The average Bonchev–Trinajstić information content (AvgIpc) is 2.71. The Morgan fingerprint density at radius 3 is 2.89 bits per heavy atom. The molecule has 0 spiro atoms. The number of carbonyl (C=O) groups excluding carboxylic acids is 1. The van der Waals surface area contributed by atoms with Crippen LogP contribution in [-0.2, 0) is 6.42 Å². The molecule has 1 unspecified atom stereocenters. The van der Waals surface area contributed by atoms with Gasteiger partial charge in [0.1, 0.15) is 5.75 Å². The normalized spacial score (nSPS) is 15.8. The Kier molecular flexibility index (Phi) is 7.43. The van der Waals surface area contributed by atoms with Gasteiger partial charge in [-0.05, 0) is 61.4 Å². The molecule has 0 fully saturated rings. The van der Waals surface area contributed by atoms with Crippen LogP contribution in [0.1, 0.15) is 72.9 Å². The summed E-state index contributed by atoms with van der Waals surface area (Å²) in [5.74, 6) is 1.39. The van der Waals surface area contributed by atoms with E-state index in [9.17, 15) is 4.79 Å². The topological polar surface area (TPSA) is 77.2 Å². The maximum absolute atomic E-state index is 11.2. The number of nitrogens with zero attached hydrogens (tertiary/aromatic N) is 1. The highest BCUT2D eigenvalue weighted by molar-refractivity contribution is 5.92. The van der Waals surface area contributed by atoms with E-state index < -0.39 is 5.91 Å². The van der Waals surface area contributed by atoms with Crippen molar-refractivity contribution in [2.75, 3.05) is 13.1 Å². The zero-order valence-electron chi connectivity index (χ0n) is 16.7. The molecule has 28 heavy (non-hydrogen) atoms. The van der Waals surface area contributed by atoms with E-state index in [1.165, 1.54) is 55.8 Å². The second-order valence-electron chi connectivity index (χ2n) is 7.53. The summed E-state index contributed by atoms with van der Waals surface area (Å²) in [6.45, 7) is 4.36. The predicted molar refractivity (Wildman–Crippen MR) is 112 cm³/mol. The van der Waals surface area contributed by atoms with E-state index in [0.29, 0.717) is 17.4 Å². The van der Waals surface area contributed by atoms with Gasteiger partial charge in [-0.3, -0.25) is 4.79 Å². The summed E-state index contributed by atoms with van der Waals surface area (Å²) in [5.41, 5.74) is 8.32. The van der Waals surface area contributed by atoms with Crippen molar-refractivity contribution in [1.29, 1.82) is 0 Å². The minimum atomic E-state index is -0.485. The third-order valence-electron chi connectivity index (χ3n) is 5.42. The lowest BCUT2D eigenvalue weighted by Gasteiger charge is -2.27. The van der Waals surface area contributed by atoms with Gasteiger partial charge in [-0.1, -0.05) is 38.3 Å². The van der Waals surface area contributed by atoms with Gasteiger partial charge in [-0.15, -0.1) is 0 Å². The summed E-state index contributed by atoms with van der Waals surface area (Å²) in [4.78, 5) is 15.4. The van der Waals surface area contributed by atoms with Crippen molar-refractivity contribution >= 4 is 5.91 Å². The molecule has 3 N–H and O–H groups in total. The zero-order chi connectivity index (χ0) is 19.8. The molecule has 1 aromatic carbocycles. The van der Waals surface area contributed by atoms with Crippen LogP contribution in [-0.4, -0.2) is 24.0 Å². The number of ether oxygens (including phenoxy) is 1. The standard InChI is InChI=1S/C23H31N3O2/c1-2-3-4-5-14-25-15-17-8-6-10-20-19(17)9-7-11-21(20)28-22-13-12-18(16-26-22)23(24)27/h7,9,11-13,16-17,25H,2-6,8,10,14-15H2,1H3,(H2,24,27). The van der Waals surface area contributed by atoms with Crippen LogP contribution in [0.3, 0.4) is 0 Å². The van der Waals surface area contributed by atoms with Crippen LogP contribution in [0, 0.1) is 0 Å². The molecule has 3 rings (SSSR count). The minimum absolute atomic E-state index is 0.382. The summed E-state index contributed by atoms with van der Waals surface area (Å²) >= 11 is 0. The number of benzene rings is 1. The van der Waals surface area contributed by atoms with Crippen LogP contribution in [0.5, 0.6) is 11.6 Å². The first-order valence-corrected chi connectivity index (χ1v) is 10.4. The van der Waals surface area contributed by atoms with E-state index in [4.69, 9.17) is 10.5 Å². The molecular weight excluding hydrogens is 350 g/mol. The number of aromatic nitrogens is 1. The van der Waals surface area contributed by atoms with Crippen LogP contribution in [0.4, 0.5) is 0 Å². The number of pyridine rings is 1. The first-order valence-electron chi connectivity index (χ1n) is 10.4.